The molecule has 2 saturated heterocycles. The Morgan fingerprint density at radius 2 is 1.73 bits per heavy atom. The second kappa shape index (κ2) is 7.34. The topological polar surface area (TPSA) is 35.6 Å². The van der Waals surface area contributed by atoms with Crippen LogP contribution in [0.15, 0.2) is 24.3 Å². The smallest absolute Gasteiger partial charge is 0.321 e. The van der Waals surface area contributed by atoms with E-state index in [0.29, 0.717) is 5.02 Å². The second-order valence-corrected chi connectivity index (χ2v) is 6.81. The summed E-state index contributed by atoms with van der Waals surface area (Å²) in [5, 5.41) is 3.63. The molecule has 5 heteroatoms. The second-order valence-electron chi connectivity index (χ2n) is 6.38. The molecular formula is C17H24ClN3O. The summed E-state index contributed by atoms with van der Waals surface area (Å²) < 4.78 is 0. The van der Waals surface area contributed by atoms with Gasteiger partial charge in [-0.05, 0) is 69.0 Å². The Morgan fingerprint density at radius 3 is 2.36 bits per heavy atom. The normalized spacial score (nSPS) is 20.3. The molecule has 0 saturated carbocycles. The molecule has 2 amide bonds. The molecule has 2 fully saturated rings. The van der Waals surface area contributed by atoms with Crippen molar-refractivity contribution in [3.63, 3.8) is 0 Å². The predicted molar refractivity (Wildman–Crippen MR) is 90.4 cm³/mol. The first kappa shape index (κ1) is 15.6. The van der Waals surface area contributed by atoms with Gasteiger partial charge in [0.15, 0.2) is 0 Å². The largest absolute Gasteiger partial charge is 0.325 e. The van der Waals surface area contributed by atoms with Crippen LogP contribution < -0.4 is 5.32 Å². The molecule has 0 atom stereocenters. The van der Waals surface area contributed by atoms with Crippen molar-refractivity contribution in [2.24, 2.45) is 5.92 Å². The molecule has 2 aliphatic rings. The van der Waals surface area contributed by atoms with Crippen LogP contribution in [0, 0.1) is 5.92 Å². The van der Waals surface area contributed by atoms with Crippen LogP contribution in [-0.2, 0) is 0 Å². The van der Waals surface area contributed by atoms with Crippen molar-refractivity contribution >= 4 is 23.3 Å². The number of benzene rings is 1. The molecule has 2 heterocycles. The minimum atomic E-state index is 0.00180. The molecule has 3 rings (SSSR count). The van der Waals surface area contributed by atoms with E-state index in [2.05, 4.69) is 10.2 Å². The highest BCUT2D eigenvalue weighted by atomic mass is 35.5. The van der Waals surface area contributed by atoms with E-state index < -0.39 is 0 Å². The van der Waals surface area contributed by atoms with Gasteiger partial charge in [0.25, 0.3) is 0 Å². The van der Waals surface area contributed by atoms with E-state index in [1.807, 2.05) is 17.0 Å². The number of amides is 2. The van der Waals surface area contributed by atoms with Crippen LogP contribution in [0.25, 0.3) is 0 Å². The summed E-state index contributed by atoms with van der Waals surface area (Å²) in [5.74, 6) is 0.748. The summed E-state index contributed by atoms with van der Waals surface area (Å²) in [6.45, 7) is 5.46. The molecule has 1 N–H and O–H groups in total. The lowest BCUT2D eigenvalue weighted by Crippen LogP contribution is -2.43. The van der Waals surface area contributed by atoms with E-state index in [1.54, 1.807) is 12.1 Å². The lowest BCUT2D eigenvalue weighted by molar-refractivity contribution is 0.163. The van der Waals surface area contributed by atoms with E-state index in [4.69, 9.17) is 11.6 Å². The van der Waals surface area contributed by atoms with Gasteiger partial charge < -0.3 is 15.1 Å². The fourth-order valence-electron chi connectivity index (χ4n) is 3.38. The molecular weight excluding hydrogens is 298 g/mol. The van der Waals surface area contributed by atoms with Crippen molar-refractivity contribution in [3.05, 3.63) is 29.3 Å². The Morgan fingerprint density at radius 1 is 1.09 bits per heavy atom. The van der Waals surface area contributed by atoms with E-state index in [-0.39, 0.29) is 6.03 Å². The minimum Gasteiger partial charge on any atom is -0.325 e. The zero-order valence-corrected chi connectivity index (χ0v) is 13.7. The third kappa shape index (κ3) is 4.14. The summed E-state index contributed by atoms with van der Waals surface area (Å²) in [6.07, 6.45) is 4.93. The van der Waals surface area contributed by atoms with Crippen molar-refractivity contribution in [1.29, 1.82) is 0 Å². The number of rotatable bonds is 3. The van der Waals surface area contributed by atoms with Crippen molar-refractivity contribution in [2.75, 3.05) is 38.0 Å². The number of urea groups is 1. The number of hydrogen-bond acceptors (Lipinski definition) is 2. The Labute approximate surface area is 137 Å². The van der Waals surface area contributed by atoms with Gasteiger partial charge in [0.05, 0.1) is 0 Å². The van der Waals surface area contributed by atoms with E-state index in [9.17, 15) is 4.79 Å². The molecule has 22 heavy (non-hydrogen) atoms. The molecule has 120 valence electrons. The SMILES string of the molecule is O=C(Nc1ccc(Cl)cc1)N1CCC(CN2CCCC2)CC1. The van der Waals surface area contributed by atoms with Gasteiger partial charge in [-0.3, -0.25) is 0 Å². The van der Waals surface area contributed by atoms with Crippen LogP contribution in [-0.4, -0.2) is 48.6 Å². The third-order valence-electron chi connectivity index (χ3n) is 4.71. The number of carbonyl (C=O) groups is 1. The molecule has 0 radical (unpaired) electrons. The number of hydrogen-bond donors (Lipinski definition) is 1. The monoisotopic (exact) mass is 321 g/mol. The summed E-state index contributed by atoms with van der Waals surface area (Å²) in [6, 6.07) is 7.25. The fraction of sp³-hybridized carbons (Fsp3) is 0.588. The van der Waals surface area contributed by atoms with Gasteiger partial charge in [-0.1, -0.05) is 11.6 Å². The Balaban J connectivity index is 1.44. The Kier molecular flexibility index (Phi) is 5.21. The number of nitrogens with one attached hydrogen (secondary N) is 1. The maximum absolute atomic E-state index is 12.3. The van der Waals surface area contributed by atoms with Crippen molar-refractivity contribution in [1.82, 2.24) is 9.80 Å². The molecule has 4 nitrogen and oxygen atoms in total. The highest BCUT2D eigenvalue weighted by Gasteiger charge is 2.25. The van der Waals surface area contributed by atoms with Gasteiger partial charge in [0, 0.05) is 30.3 Å². The van der Waals surface area contributed by atoms with Gasteiger partial charge in [-0.15, -0.1) is 0 Å². The zero-order chi connectivity index (χ0) is 15.4. The van der Waals surface area contributed by atoms with E-state index in [1.165, 1.54) is 32.5 Å². The molecule has 2 aliphatic heterocycles. The van der Waals surface area contributed by atoms with E-state index in [0.717, 1.165) is 37.5 Å². The average molecular weight is 322 g/mol. The summed E-state index contributed by atoms with van der Waals surface area (Å²) in [4.78, 5) is 16.8. The number of piperidine rings is 1. The Bertz CT molecular complexity index is 491. The van der Waals surface area contributed by atoms with Crippen LogP contribution in [0.1, 0.15) is 25.7 Å². The minimum absolute atomic E-state index is 0.00180. The number of carbonyl (C=O) groups excluding carboxylic acids is 1. The first-order valence-corrected chi connectivity index (χ1v) is 8.62. The van der Waals surface area contributed by atoms with Gasteiger partial charge in [0.2, 0.25) is 0 Å². The first-order valence-electron chi connectivity index (χ1n) is 8.24. The quantitative estimate of drug-likeness (QED) is 0.921. The molecule has 0 aliphatic carbocycles. The lowest BCUT2D eigenvalue weighted by atomic mass is 9.96. The molecule has 1 aromatic rings. The van der Waals surface area contributed by atoms with Crippen molar-refractivity contribution in [3.8, 4) is 0 Å². The summed E-state index contributed by atoms with van der Waals surface area (Å²) >= 11 is 5.86. The van der Waals surface area contributed by atoms with Gasteiger partial charge in [0.1, 0.15) is 0 Å². The van der Waals surface area contributed by atoms with Gasteiger partial charge >= 0.3 is 6.03 Å². The zero-order valence-electron chi connectivity index (χ0n) is 12.9. The first-order chi connectivity index (χ1) is 10.7. The van der Waals surface area contributed by atoms with Gasteiger partial charge in [-0.25, -0.2) is 4.79 Å². The fourth-order valence-corrected chi connectivity index (χ4v) is 3.51. The number of anilines is 1. The number of likely N-dealkylation sites (tertiary alicyclic amines) is 2. The van der Waals surface area contributed by atoms with Crippen molar-refractivity contribution in [2.45, 2.75) is 25.7 Å². The Hall–Kier alpha value is -1.26. The summed E-state index contributed by atoms with van der Waals surface area (Å²) in [7, 11) is 0. The predicted octanol–water partition coefficient (Wildman–Crippen LogP) is 3.68. The van der Waals surface area contributed by atoms with Crippen LogP contribution >= 0.6 is 11.6 Å². The summed E-state index contributed by atoms with van der Waals surface area (Å²) in [5.41, 5.74) is 0.800. The highest BCUT2D eigenvalue weighted by molar-refractivity contribution is 6.30. The standard InChI is InChI=1S/C17H24ClN3O/c18-15-3-5-16(6-4-15)19-17(22)21-11-7-14(8-12-21)13-20-9-1-2-10-20/h3-6,14H,1-2,7-13H2,(H,19,22). The van der Waals surface area contributed by atoms with Gasteiger partial charge in [-0.2, -0.15) is 0 Å². The van der Waals surface area contributed by atoms with Crippen molar-refractivity contribution < 1.29 is 4.79 Å². The maximum Gasteiger partial charge on any atom is 0.321 e. The maximum atomic E-state index is 12.3. The molecule has 1 aromatic carbocycles. The van der Waals surface area contributed by atoms with Crippen LogP contribution in [0.2, 0.25) is 5.02 Å². The van der Waals surface area contributed by atoms with E-state index >= 15 is 0 Å². The highest BCUT2D eigenvalue weighted by Crippen LogP contribution is 2.21. The number of nitrogens with zero attached hydrogens (tertiary/aromatic N) is 2. The molecule has 0 bridgehead atoms. The number of halogens is 1. The molecule has 0 spiro atoms. The van der Waals surface area contributed by atoms with Crippen LogP contribution in [0.5, 0.6) is 0 Å². The molecule has 0 aromatic heterocycles. The third-order valence-corrected chi connectivity index (χ3v) is 4.96. The lowest BCUT2D eigenvalue weighted by Gasteiger charge is -2.33. The average Bonchev–Trinajstić information content (AvgIpc) is 3.03. The molecule has 0 unspecified atom stereocenters. The van der Waals surface area contributed by atoms with Crippen LogP contribution in [0.4, 0.5) is 10.5 Å². The van der Waals surface area contributed by atoms with Crippen LogP contribution in [0.3, 0.4) is 0 Å².